The second-order valence-corrected chi connectivity index (χ2v) is 7.14. The van der Waals surface area contributed by atoms with Crippen molar-refractivity contribution in [3.05, 3.63) is 78.0 Å². The molecule has 4 rings (SSSR count). The van der Waals surface area contributed by atoms with Crippen molar-refractivity contribution in [2.45, 2.75) is 20.3 Å². The number of carbonyl (C=O) groups excluding carboxylic acids is 2. The number of nitrogens with zero attached hydrogens (tertiary/aromatic N) is 1. The van der Waals surface area contributed by atoms with Crippen molar-refractivity contribution in [1.29, 1.82) is 0 Å². The Morgan fingerprint density at radius 3 is 2.12 bits per heavy atom. The molecule has 0 amide bonds. The number of para-hydroxylation sites is 1. The first-order valence-electron chi connectivity index (χ1n) is 8.43. The lowest BCUT2D eigenvalue weighted by atomic mass is 9.75. The SMILES string of the molecule is CC1(C)CC(=O)c2cc(-c3ccccc3)n(-c3ccccc3)c2C1=O. The predicted molar refractivity (Wildman–Crippen MR) is 98.3 cm³/mol. The van der Waals surface area contributed by atoms with Crippen LogP contribution >= 0.6 is 0 Å². The number of hydrogen-bond acceptors (Lipinski definition) is 2. The number of carbonyl (C=O) groups is 2. The van der Waals surface area contributed by atoms with Crippen molar-refractivity contribution in [1.82, 2.24) is 4.57 Å². The normalized spacial score (nSPS) is 15.9. The molecule has 3 heteroatoms. The van der Waals surface area contributed by atoms with Gasteiger partial charge >= 0.3 is 0 Å². The van der Waals surface area contributed by atoms with Crippen LogP contribution in [0.1, 0.15) is 41.1 Å². The van der Waals surface area contributed by atoms with Crippen molar-refractivity contribution >= 4 is 11.6 Å². The van der Waals surface area contributed by atoms with E-state index < -0.39 is 5.41 Å². The Labute approximate surface area is 146 Å². The van der Waals surface area contributed by atoms with Gasteiger partial charge in [-0.15, -0.1) is 0 Å². The van der Waals surface area contributed by atoms with E-state index >= 15 is 0 Å². The van der Waals surface area contributed by atoms with Crippen LogP contribution in [0.3, 0.4) is 0 Å². The van der Waals surface area contributed by atoms with Gasteiger partial charge in [0.25, 0.3) is 0 Å². The number of aromatic nitrogens is 1. The van der Waals surface area contributed by atoms with Crippen LogP contribution in [0.15, 0.2) is 66.7 Å². The lowest BCUT2D eigenvalue weighted by Crippen LogP contribution is -2.35. The van der Waals surface area contributed by atoms with Crippen molar-refractivity contribution in [2.24, 2.45) is 5.41 Å². The molecule has 0 N–H and O–H groups in total. The first-order chi connectivity index (χ1) is 12.0. The number of hydrogen-bond donors (Lipinski definition) is 0. The smallest absolute Gasteiger partial charge is 0.186 e. The standard InChI is InChI=1S/C22H19NO2/c1-22(2)14-19(24)17-13-18(15-9-5-3-6-10-15)23(20(17)21(22)25)16-11-7-4-8-12-16/h3-13H,14H2,1-2H3. The molecule has 2 aromatic carbocycles. The molecule has 0 aliphatic heterocycles. The lowest BCUT2D eigenvalue weighted by molar-refractivity contribution is 0.0732. The second kappa shape index (κ2) is 5.55. The van der Waals surface area contributed by atoms with Crippen LogP contribution in [0.25, 0.3) is 16.9 Å². The van der Waals surface area contributed by atoms with Crippen molar-refractivity contribution < 1.29 is 9.59 Å². The lowest BCUT2D eigenvalue weighted by Gasteiger charge is -2.28. The van der Waals surface area contributed by atoms with E-state index in [2.05, 4.69) is 0 Å². The van der Waals surface area contributed by atoms with E-state index in [0.717, 1.165) is 16.9 Å². The summed E-state index contributed by atoms with van der Waals surface area (Å²) in [4.78, 5) is 25.9. The molecule has 0 unspecified atom stereocenters. The van der Waals surface area contributed by atoms with E-state index in [-0.39, 0.29) is 18.0 Å². The molecule has 124 valence electrons. The maximum Gasteiger partial charge on any atom is 0.186 e. The molecule has 3 aromatic rings. The van der Waals surface area contributed by atoms with E-state index in [0.29, 0.717) is 11.3 Å². The summed E-state index contributed by atoms with van der Waals surface area (Å²) in [6, 6.07) is 21.5. The summed E-state index contributed by atoms with van der Waals surface area (Å²) in [5, 5.41) is 0. The molecule has 0 spiro atoms. The Balaban J connectivity index is 2.07. The van der Waals surface area contributed by atoms with Crippen LogP contribution in [0, 0.1) is 5.41 Å². The highest BCUT2D eigenvalue weighted by Gasteiger charge is 2.42. The van der Waals surface area contributed by atoms with Crippen LogP contribution < -0.4 is 0 Å². The molecular weight excluding hydrogens is 310 g/mol. The highest BCUT2D eigenvalue weighted by atomic mass is 16.1. The number of fused-ring (bicyclic) bond motifs is 1. The first kappa shape index (κ1) is 15.6. The summed E-state index contributed by atoms with van der Waals surface area (Å²) in [6.07, 6.45) is 0.256. The van der Waals surface area contributed by atoms with E-state index in [4.69, 9.17) is 0 Å². The van der Waals surface area contributed by atoms with Crippen molar-refractivity contribution in [3.8, 4) is 16.9 Å². The average Bonchev–Trinajstić information content (AvgIpc) is 3.02. The van der Waals surface area contributed by atoms with Gasteiger partial charge in [-0.2, -0.15) is 0 Å². The Morgan fingerprint density at radius 1 is 0.880 bits per heavy atom. The van der Waals surface area contributed by atoms with Gasteiger partial charge in [0.05, 0.1) is 5.69 Å². The summed E-state index contributed by atoms with van der Waals surface area (Å²) in [6.45, 7) is 3.70. The molecule has 3 nitrogen and oxygen atoms in total. The topological polar surface area (TPSA) is 39.1 Å². The van der Waals surface area contributed by atoms with Gasteiger partial charge < -0.3 is 4.57 Å². The predicted octanol–water partition coefficient (Wildman–Crippen LogP) is 4.94. The third kappa shape index (κ3) is 2.43. The summed E-state index contributed by atoms with van der Waals surface area (Å²) in [7, 11) is 0. The monoisotopic (exact) mass is 329 g/mol. The maximum atomic E-state index is 13.1. The highest BCUT2D eigenvalue weighted by molar-refractivity contribution is 6.16. The van der Waals surface area contributed by atoms with E-state index in [1.807, 2.05) is 85.1 Å². The number of rotatable bonds is 2. The quantitative estimate of drug-likeness (QED) is 0.668. The molecule has 0 bridgehead atoms. The third-order valence-corrected chi connectivity index (χ3v) is 4.82. The summed E-state index contributed by atoms with van der Waals surface area (Å²) < 4.78 is 1.94. The number of benzene rings is 2. The molecule has 25 heavy (non-hydrogen) atoms. The molecule has 0 atom stereocenters. The summed E-state index contributed by atoms with van der Waals surface area (Å²) >= 11 is 0. The Morgan fingerprint density at radius 2 is 1.48 bits per heavy atom. The molecule has 1 aliphatic rings. The fourth-order valence-corrected chi connectivity index (χ4v) is 3.51. The van der Waals surface area contributed by atoms with Crippen LogP contribution in [-0.4, -0.2) is 16.1 Å². The Hall–Kier alpha value is -2.94. The summed E-state index contributed by atoms with van der Waals surface area (Å²) in [5.74, 6) is 0.0552. The van der Waals surface area contributed by atoms with Crippen molar-refractivity contribution in [2.75, 3.05) is 0 Å². The van der Waals surface area contributed by atoms with Gasteiger partial charge in [-0.05, 0) is 23.8 Å². The van der Waals surface area contributed by atoms with Gasteiger partial charge in [0.2, 0.25) is 0 Å². The van der Waals surface area contributed by atoms with Gasteiger partial charge in [0, 0.05) is 23.1 Å². The maximum absolute atomic E-state index is 13.1. The minimum Gasteiger partial charge on any atom is -0.306 e. The third-order valence-electron chi connectivity index (χ3n) is 4.82. The van der Waals surface area contributed by atoms with Crippen molar-refractivity contribution in [3.63, 3.8) is 0 Å². The highest BCUT2D eigenvalue weighted by Crippen LogP contribution is 2.40. The van der Waals surface area contributed by atoms with E-state index in [1.165, 1.54) is 0 Å². The van der Waals surface area contributed by atoms with Gasteiger partial charge in [0.1, 0.15) is 5.69 Å². The van der Waals surface area contributed by atoms with E-state index in [9.17, 15) is 9.59 Å². The minimum atomic E-state index is -0.678. The van der Waals surface area contributed by atoms with Crippen LogP contribution in [0.2, 0.25) is 0 Å². The molecule has 1 aliphatic carbocycles. The largest absolute Gasteiger partial charge is 0.306 e. The zero-order chi connectivity index (χ0) is 17.6. The molecule has 0 saturated heterocycles. The molecule has 0 saturated carbocycles. The average molecular weight is 329 g/mol. The fourth-order valence-electron chi connectivity index (χ4n) is 3.51. The zero-order valence-corrected chi connectivity index (χ0v) is 14.3. The second-order valence-electron chi connectivity index (χ2n) is 7.14. The summed E-state index contributed by atoms with van der Waals surface area (Å²) in [5.41, 5.74) is 3.11. The molecular formula is C22H19NO2. The zero-order valence-electron chi connectivity index (χ0n) is 14.3. The van der Waals surface area contributed by atoms with Crippen LogP contribution in [0.5, 0.6) is 0 Å². The molecule has 1 aromatic heterocycles. The molecule has 0 fully saturated rings. The molecule has 1 heterocycles. The van der Waals surface area contributed by atoms with Gasteiger partial charge in [-0.3, -0.25) is 9.59 Å². The number of Topliss-reactive ketones (excluding diaryl/α,β-unsaturated/α-hetero) is 2. The van der Waals surface area contributed by atoms with Crippen LogP contribution in [-0.2, 0) is 0 Å². The van der Waals surface area contributed by atoms with Crippen LogP contribution in [0.4, 0.5) is 0 Å². The van der Waals surface area contributed by atoms with Gasteiger partial charge in [-0.1, -0.05) is 62.4 Å². The molecule has 0 radical (unpaired) electrons. The van der Waals surface area contributed by atoms with E-state index in [1.54, 1.807) is 0 Å². The first-order valence-corrected chi connectivity index (χ1v) is 8.43. The fraction of sp³-hybridized carbons (Fsp3) is 0.182. The van der Waals surface area contributed by atoms with Gasteiger partial charge in [0.15, 0.2) is 11.6 Å². The Kier molecular flexibility index (Phi) is 3.46. The van der Waals surface area contributed by atoms with Gasteiger partial charge in [-0.25, -0.2) is 0 Å². The Bertz CT molecular complexity index is 966. The number of ketones is 2. The minimum absolute atomic E-state index is 0.0214.